The Balaban J connectivity index is 1.31. The fourth-order valence-electron chi connectivity index (χ4n) is 3.30. The fourth-order valence-corrected chi connectivity index (χ4v) is 4.72. The summed E-state index contributed by atoms with van der Waals surface area (Å²) in [4.78, 5) is 5.77. The van der Waals surface area contributed by atoms with Crippen molar-refractivity contribution < 1.29 is 14.3 Å². The van der Waals surface area contributed by atoms with Crippen LogP contribution in [0.3, 0.4) is 0 Å². The van der Waals surface area contributed by atoms with Gasteiger partial charge in [0.15, 0.2) is 11.5 Å². The van der Waals surface area contributed by atoms with E-state index in [4.69, 9.17) is 25.9 Å². The molecule has 2 aromatic rings. The second-order valence-corrected chi connectivity index (χ2v) is 8.53. The molecule has 0 bridgehead atoms. The van der Waals surface area contributed by atoms with E-state index in [1.807, 2.05) is 38.2 Å². The monoisotopic (exact) mass is 407 g/mol. The molecule has 2 atom stereocenters. The molecule has 0 fully saturated rings. The van der Waals surface area contributed by atoms with Crippen LogP contribution in [-0.4, -0.2) is 45.3 Å². The van der Waals surface area contributed by atoms with Crippen LogP contribution in [0.2, 0.25) is 5.15 Å². The standard InChI is InChI=1S/C19H22ClN3O3S/c1-12-17(18(20)23(3)21-12)14-8-19(2,26-22-14)11-27-10-13-9-24-15-6-4-5-7-16(15)25-13/h4-7,13H,8-11H2,1-3H3. The van der Waals surface area contributed by atoms with E-state index in [1.165, 1.54) is 0 Å². The maximum Gasteiger partial charge on any atom is 0.161 e. The molecule has 0 N–H and O–H groups in total. The van der Waals surface area contributed by atoms with Crippen molar-refractivity contribution >= 4 is 29.1 Å². The van der Waals surface area contributed by atoms with E-state index in [2.05, 4.69) is 17.2 Å². The lowest BCUT2D eigenvalue weighted by atomic mass is 9.98. The van der Waals surface area contributed by atoms with Gasteiger partial charge in [-0.25, -0.2) is 0 Å². The van der Waals surface area contributed by atoms with Crippen molar-refractivity contribution in [1.29, 1.82) is 0 Å². The number of aryl methyl sites for hydroxylation is 2. The SMILES string of the molecule is Cc1nn(C)c(Cl)c1C1=NOC(C)(CSCC2COc3ccccc3O2)C1. The van der Waals surface area contributed by atoms with Gasteiger partial charge in [0, 0.05) is 25.0 Å². The lowest BCUT2D eigenvalue weighted by molar-refractivity contribution is 0.0162. The van der Waals surface area contributed by atoms with Gasteiger partial charge in [-0.3, -0.25) is 4.68 Å². The van der Waals surface area contributed by atoms with Crippen LogP contribution in [0.15, 0.2) is 29.4 Å². The number of halogens is 1. The van der Waals surface area contributed by atoms with Gasteiger partial charge in [0.05, 0.1) is 17.0 Å². The molecule has 2 aliphatic heterocycles. The molecule has 27 heavy (non-hydrogen) atoms. The van der Waals surface area contributed by atoms with E-state index in [9.17, 15) is 0 Å². The fraction of sp³-hybridized carbons (Fsp3) is 0.474. The molecule has 6 nitrogen and oxygen atoms in total. The minimum Gasteiger partial charge on any atom is -0.486 e. The Morgan fingerprint density at radius 3 is 2.85 bits per heavy atom. The Hall–Kier alpha value is -1.86. The summed E-state index contributed by atoms with van der Waals surface area (Å²) >= 11 is 8.15. The van der Waals surface area contributed by atoms with Gasteiger partial charge < -0.3 is 14.3 Å². The lowest BCUT2D eigenvalue weighted by Crippen LogP contribution is -2.33. The molecule has 2 unspecified atom stereocenters. The maximum absolute atomic E-state index is 6.36. The van der Waals surface area contributed by atoms with Crippen LogP contribution >= 0.6 is 23.4 Å². The van der Waals surface area contributed by atoms with Crippen molar-refractivity contribution in [3.8, 4) is 11.5 Å². The number of oxime groups is 1. The molecule has 8 heteroatoms. The highest BCUT2D eigenvalue weighted by molar-refractivity contribution is 7.99. The average molecular weight is 408 g/mol. The van der Waals surface area contributed by atoms with Crippen LogP contribution in [0.4, 0.5) is 0 Å². The first-order chi connectivity index (χ1) is 13.0. The Morgan fingerprint density at radius 2 is 2.11 bits per heavy atom. The zero-order valence-corrected chi connectivity index (χ0v) is 17.1. The highest BCUT2D eigenvalue weighted by Gasteiger charge is 2.37. The molecule has 0 saturated heterocycles. The predicted octanol–water partition coefficient (Wildman–Crippen LogP) is 3.84. The molecule has 144 valence electrons. The number of hydrogen-bond acceptors (Lipinski definition) is 6. The summed E-state index contributed by atoms with van der Waals surface area (Å²) in [6.07, 6.45) is 0.738. The quantitative estimate of drug-likeness (QED) is 0.753. The number of ether oxygens (including phenoxy) is 2. The first-order valence-electron chi connectivity index (χ1n) is 8.86. The highest BCUT2D eigenvalue weighted by atomic mass is 35.5. The summed E-state index contributed by atoms with van der Waals surface area (Å²) in [6, 6.07) is 7.77. The zero-order valence-electron chi connectivity index (χ0n) is 15.6. The summed E-state index contributed by atoms with van der Waals surface area (Å²) in [7, 11) is 1.83. The Bertz CT molecular complexity index is 885. The van der Waals surface area contributed by atoms with E-state index < -0.39 is 0 Å². The summed E-state index contributed by atoms with van der Waals surface area (Å²) in [6.45, 7) is 4.57. The van der Waals surface area contributed by atoms with Crippen LogP contribution in [0.5, 0.6) is 11.5 Å². The largest absolute Gasteiger partial charge is 0.486 e. The van der Waals surface area contributed by atoms with E-state index in [0.29, 0.717) is 18.2 Å². The molecule has 3 heterocycles. The van der Waals surface area contributed by atoms with Gasteiger partial charge >= 0.3 is 0 Å². The minimum absolute atomic E-state index is 0.0327. The molecule has 4 rings (SSSR count). The Kier molecular flexibility index (Phi) is 4.99. The van der Waals surface area contributed by atoms with Crippen molar-refractivity contribution in [2.45, 2.75) is 32.0 Å². The van der Waals surface area contributed by atoms with Crippen molar-refractivity contribution in [3.63, 3.8) is 0 Å². The Labute approximate surface area is 167 Å². The molecule has 0 saturated carbocycles. The van der Waals surface area contributed by atoms with Gasteiger partial charge in [-0.15, -0.1) is 0 Å². The third-order valence-corrected chi connectivity index (χ3v) is 6.49. The molecule has 0 amide bonds. The highest BCUT2D eigenvalue weighted by Crippen LogP contribution is 2.35. The molecular formula is C19H22ClN3O3S. The average Bonchev–Trinajstić information content (AvgIpc) is 3.14. The van der Waals surface area contributed by atoms with Crippen LogP contribution in [0.25, 0.3) is 0 Å². The third kappa shape index (κ3) is 3.75. The zero-order chi connectivity index (χ0) is 19.0. The second kappa shape index (κ2) is 7.28. The normalized spacial score (nSPS) is 23.9. The smallest absolute Gasteiger partial charge is 0.161 e. The molecule has 1 aromatic heterocycles. The minimum atomic E-state index is -0.362. The van der Waals surface area contributed by atoms with E-state index in [1.54, 1.807) is 16.4 Å². The van der Waals surface area contributed by atoms with Crippen molar-refractivity contribution in [2.24, 2.45) is 12.2 Å². The second-order valence-electron chi connectivity index (χ2n) is 7.14. The summed E-state index contributed by atoms with van der Waals surface area (Å²) in [5, 5.41) is 9.25. The van der Waals surface area contributed by atoms with Crippen LogP contribution in [0, 0.1) is 6.92 Å². The molecule has 0 aliphatic carbocycles. The number of nitrogens with zero attached hydrogens (tertiary/aromatic N) is 3. The van der Waals surface area contributed by atoms with Crippen molar-refractivity contribution in [3.05, 3.63) is 40.7 Å². The van der Waals surface area contributed by atoms with E-state index >= 15 is 0 Å². The molecule has 0 spiro atoms. The van der Waals surface area contributed by atoms with Crippen LogP contribution in [0.1, 0.15) is 24.6 Å². The Morgan fingerprint density at radius 1 is 1.33 bits per heavy atom. The summed E-state index contributed by atoms with van der Waals surface area (Å²) < 4.78 is 13.4. The number of fused-ring (bicyclic) bond motifs is 1. The third-order valence-electron chi connectivity index (χ3n) is 4.64. The predicted molar refractivity (Wildman–Crippen MR) is 107 cm³/mol. The molecule has 0 radical (unpaired) electrons. The first-order valence-corrected chi connectivity index (χ1v) is 10.4. The topological polar surface area (TPSA) is 57.9 Å². The van der Waals surface area contributed by atoms with Gasteiger partial charge in [-0.2, -0.15) is 16.9 Å². The number of benzene rings is 1. The number of thioether (sulfide) groups is 1. The first kappa shape index (κ1) is 18.5. The van der Waals surface area contributed by atoms with Gasteiger partial charge in [0.2, 0.25) is 0 Å². The number of aromatic nitrogens is 2. The summed E-state index contributed by atoms with van der Waals surface area (Å²) in [5.41, 5.74) is 2.25. The molecule has 1 aromatic carbocycles. The maximum atomic E-state index is 6.36. The van der Waals surface area contributed by atoms with Crippen molar-refractivity contribution in [2.75, 3.05) is 18.1 Å². The molecule has 2 aliphatic rings. The van der Waals surface area contributed by atoms with Gasteiger partial charge in [0.1, 0.15) is 23.5 Å². The van der Waals surface area contributed by atoms with Gasteiger partial charge in [-0.1, -0.05) is 28.9 Å². The number of hydrogen-bond donors (Lipinski definition) is 0. The molecular weight excluding hydrogens is 386 g/mol. The van der Waals surface area contributed by atoms with E-state index in [0.717, 1.165) is 40.0 Å². The van der Waals surface area contributed by atoms with Crippen LogP contribution in [-0.2, 0) is 11.9 Å². The van der Waals surface area contributed by atoms with Crippen LogP contribution < -0.4 is 9.47 Å². The summed E-state index contributed by atoms with van der Waals surface area (Å²) in [5.74, 6) is 3.25. The van der Waals surface area contributed by atoms with Gasteiger partial charge in [-0.05, 0) is 26.0 Å². The number of rotatable bonds is 5. The number of para-hydroxylation sites is 2. The van der Waals surface area contributed by atoms with E-state index in [-0.39, 0.29) is 11.7 Å². The van der Waals surface area contributed by atoms with Gasteiger partial charge in [0.25, 0.3) is 0 Å². The lowest BCUT2D eigenvalue weighted by Gasteiger charge is -2.27. The van der Waals surface area contributed by atoms with Crippen molar-refractivity contribution in [1.82, 2.24) is 9.78 Å².